The molecule has 2 aromatic carbocycles. The van der Waals surface area contributed by atoms with E-state index in [1.807, 2.05) is 6.07 Å². The predicted molar refractivity (Wildman–Crippen MR) is 105 cm³/mol. The maximum atomic E-state index is 12.9. The average Bonchev–Trinajstić information content (AvgIpc) is 3.04. The molecular weight excluding hydrogens is 390 g/mol. The minimum absolute atomic E-state index is 0.0794. The first kappa shape index (κ1) is 17.3. The fraction of sp³-hybridized carbons (Fsp3) is 0.105. The summed E-state index contributed by atoms with van der Waals surface area (Å²) >= 11 is 7.33. The molecule has 0 unspecified atom stereocenters. The number of benzene rings is 2. The first-order valence-electron chi connectivity index (χ1n) is 7.85. The molecule has 0 saturated carbocycles. The molecule has 1 amide bonds. The summed E-state index contributed by atoms with van der Waals surface area (Å²) in [7, 11) is -1.70. The number of hydrogen-bond donors (Lipinski definition) is 0. The summed E-state index contributed by atoms with van der Waals surface area (Å²) in [6, 6.07) is 15.7. The summed E-state index contributed by atoms with van der Waals surface area (Å²) in [6.45, 7) is 0. The van der Waals surface area contributed by atoms with E-state index in [4.69, 9.17) is 11.6 Å². The molecule has 7 heteroatoms. The van der Waals surface area contributed by atoms with E-state index in [0.29, 0.717) is 31.6 Å². The summed E-state index contributed by atoms with van der Waals surface area (Å²) in [4.78, 5) is 16.1. The Morgan fingerprint density at radius 1 is 1.12 bits per heavy atom. The number of amides is 1. The normalized spacial score (nSPS) is 14.4. The summed E-state index contributed by atoms with van der Waals surface area (Å²) in [6.07, 6.45) is 0. The lowest BCUT2D eigenvalue weighted by molar-refractivity contribution is 0.0997. The number of hydrogen-bond acceptors (Lipinski definition) is 4. The fourth-order valence-corrected chi connectivity index (χ4v) is 6.16. The van der Waals surface area contributed by atoms with Gasteiger partial charge in [-0.1, -0.05) is 35.9 Å². The van der Waals surface area contributed by atoms with Gasteiger partial charge >= 0.3 is 0 Å². The van der Waals surface area contributed by atoms with Gasteiger partial charge < -0.3 is 4.90 Å². The number of nitrogens with zero attached hydrogens (tertiary/aromatic N) is 1. The second-order valence-electron chi connectivity index (χ2n) is 6.06. The smallest absolute Gasteiger partial charge is 0.268 e. The lowest BCUT2D eigenvalue weighted by atomic mass is 10.1. The van der Waals surface area contributed by atoms with Crippen molar-refractivity contribution in [3.63, 3.8) is 0 Å². The molecule has 0 fully saturated rings. The molecule has 1 aliphatic heterocycles. The average molecular weight is 404 g/mol. The second kappa shape index (κ2) is 6.23. The van der Waals surface area contributed by atoms with Crippen molar-refractivity contribution in [2.24, 2.45) is 0 Å². The molecule has 2 heterocycles. The molecule has 0 aliphatic carbocycles. The third-order valence-corrected chi connectivity index (χ3v) is 7.48. The zero-order valence-corrected chi connectivity index (χ0v) is 16.2. The molecule has 3 aromatic rings. The molecule has 4 rings (SSSR count). The van der Waals surface area contributed by atoms with E-state index in [0.717, 1.165) is 4.88 Å². The van der Waals surface area contributed by atoms with E-state index in [-0.39, 0.29) is 11.7 Å². The largest absolute Gasteiger partial charge is 0.311 e. The number of halogens is 1. The van der Waals surface area contributed by atoms with Gasteiger partial charge in [0.05, 0.1) is 15.5 Å². The number of sulfone groups is 1. The van der Waals surface area contributed by atoms with Crippen LogP contribution in [0.15, 0.2) is 59.5 Å². The standard InChI is InChI=1S/C19H14ClNO3S2/c1-21(14-6-4-5-13(20)10-14)19(22)16-9-12-11-26(23,24)17-8-3-2-7-15(17)18(12)25-16/h2-10H,11H2,1H3. The first-order valence-corrected chi connectivity index (χ1v) is 10.7. The van der Waals surface area contributed by atoms with Crippen molar-refractivity contribution in [2.75, 3.05) is 11.9 Å². The van der Waals surface area contributed by atoms with E-state index in [9.17, 15) is 13.2 Å². The highest BCUT2D eigenvalue weighted by Crippen LogP contribution is 2.43. The Morgan fingerprint density at radius 2 is 1.88 bits per heavy atom. The van der Waals surface area contributed by atoms with E-state index in [1.165, 1.54) is 16.2 Å². The summed E-state index contributed by atoms with van der Waals surface area (Å²) in [5.74, 6) is -0.272. The molecule has 26 heavy (non-hydrogen) atoms. The highest BCUT2D eigenvalue weighted by Gasteiger charge is 2.31. The van der Waals surface area contributed by atoms with Crippen molar-refractivity contribution in [2.45, 2.75) is 10.6 Å². The van der Waals surface area contributed by atoms with Crippen LogP contribution in [0, 0.1) is 0 Å². The van der Waals surface area contributed by atoms with Crippen molar-refractivity contribution in [3.8, 4) is 10.4 Å². The van der Waals surface area contributed by atoms with Crippen LogP contribution in [0.25, 0.3) is 10.4 Å². The molecule has 0 saturated heterocycles. The number of fused-ring (bicyclic) bond motifs is 3. The molecule has 1 aliphatic rings. The Labute approximate surface area is 160 Å². The lowest BCUT2D eigenvalue weighted by Gasteiger charge is -2.16. The maximum absolute atomic E-state index is 12.9. The molecule has 1 aromatic heterocycles. The summed E-state index contributed by atoms with van der Waals surface area (Å²) in [5.41, 5.74) is 2.03. The van der Waals surface area contributed by atoms with Crippen molar-refractivity contribution in [3.05, 3.63) is 70.1 Å². The number of carbonyl (C=O) groups excluding carboxylic acids is 1. The van der Waals surface area contributed by atoms with Crippen molar-refractivity contribution in [1.29, 1.82) is 0 Å². The molecule has 0 atom stereocenters. The Balaban J connectivity index is 1.76. The van der Waals surface area contributed by atoms with Gasteiger partial charge in [0, 0.05) is 28.2 Å². The van der Waals surface area contributed by atoms with Crippen LogP contribution < -0.4 is 4.90 Å². The second-order valence-corrected chi connectivity index (χ2v) is 9.51. The predicted octanol–water partition coefficient (Wildman–Crippen LogP) is 4.63. The number of carbonyl (C=O) groups is 1. The molecule has 4 nitrogen and oxygen atoms in total. The Bertz CT molecular complexity index is 1140. The third-order valence-electron chi connectivity index (χ3n) is 4.33. The highest BCUT2D eigenvalue weighted by molar-refractivity contribution is 7.91. The minimum atomic E-state index is -3.38. The number of anilines is 1. The SMILES string of the molecule is CN(C(=O)c1cc2c(s1)-c1ccccc1S(=O)(=O)C2)c1cccc(Cl)c1. The fourth-order valence-electron chi connectivity index (χ4n) is 3.04. The van der Waals surface area contributed by atoms with Gasteiger partial charge in [0.25, 0.3) is 5.91 Å². The number of rotatable bonds is 2. The highest BCUT2D eigenvalue weighted by atomic mass is 35.5. The summed E-state index contributed by atoms with van der Waals surface area (Å²) in [5, 5.41) is 0.549. The molecular formula is C19H14ClNO3S2. The molecule has 0 spiro atoms. The van der Waals surface area contributed by atoms with Crippen molar-refractivity contribution >= 4 is 44.4 Å². The molecule has 0 radical (unpaired) electrons. The van der Waals surface area contributed by atoms with E-state index < -0.39 is 9.84 Å². The van der Waals surface area contributed by atoms with Crippen LogP contribution in [0.1, 0.15) is 15.2 Å². The quantitative estimate of drug-likeness (QED) is 0.626. The van der Waals surface area contributed by atoms with Gasteiger partial charge in [-0.05, 0) is 35.9 Å². The van der Waals surface area contributed by atoms with Crippen LogP contribution in [0.2, 0.25) is 5.02 Å². The van der Waals surface area contributed by atoms with Gasteiger partial charge in [-0.2, -0.15) is 0 Å². The monoisotopic (exact) mass is 403 g/mol. The van der Waals surface area contributed by atoms with Crippen LogP contribution in [0.4, 0.5) is 5.69 Å². The van der Waals surface area contributed by atoms with Gasteiger partial charge in [-0.15, -0.1) is 11.3 Å². The van der Waals surface area contributed by atoms with Crippen LogP contribution >= 0.6 is 22.9 Å². The Morgan fingerprint density at radius 3 is 2.65 bits per heavy atom. The van der Waals surface area contributed by atoms with Gasteiger partial charge in [-0.3, -0.25) is 4.79 Å². The summed E-state index contributed by atoms with van der Waals surface area (Å²) < 4.78 is 25.0. The first-order chi connectivity index (χ1) is 12.4. The van der Waals surface area contributed by atoms with Crippen molar-refractivity contribution in [1.82, 2.24) is 0 Å². The Kier molecular flexibility index (Phi) is 4.14. The van der Waals surface area contributed by atoms with Gasteiger partial charge in [0.15, 0.2) is 9.84 Å². The Hall–Kier alpha value is -2.15. The molecule has 132 valence electrons. The zero-order chi connectivity index (χ0) is 18.5. The minimum Gasteiger partial charge on any atom is -0.311 e. The van der Waals surface area contributed by atoms with E-state index in [1.54, 1.807) is 55.6 Å². The molecule has 0 N–H and O–H groups in total. The lowest BCUT2D eigenvalue weighted by Crippen LogP contribution is -2.25. The van der Waals surface area contributed by atoms with E-state index >= 15 is 0 Å². The van der Waals surface area contributed by atoms with Gasteiger partial charge in [0.1, 0.15) is 0 Å². The van der Waals surface area contributed by atoms with Gasteiger partial charge in [0.2, 0.25) is 0 Å². The van der Waals surface area contributed by atoms with Crippen LogP contribution in [0.3, 0.4) is 0 Å². The van der Waals surface area contributed by atoms with Crippen LogP contribution in [-0.4, -0.2) is 21.4 Å². The molecule has 0 bridgehead atoms. The number of thiophene rings is 1. The van der Waals surface area contributed by atoms with Crippen molar-refractivity contribution < 1.29 is 13.2 Å². The third kappa shape index (κ3) is 2.84. The van der Waals surface area contributed by atoms with Crippen LogP contribution in [-0.2, 0) is 15.6 Å². The maximum Gasteiger partial charge on any atom is 0.268 e. The van der Waals surface area contributed by atoms with Crippen LogP contribution in [0.5, 0.6) is 0 Å². The topological polar surface area (TPSA) is 54.5 Å². The zero-order valence-electron chi connectivity index (χ0n) is 13.8. The van der Waals surface area contributed by atoms with Gasteiger partial charge in [-0.25, -0.2) is 8.42 Å². The van der Waals surface area contributed by atoms with E-state index in [2.05, 4.69) is 0 Å².